The lowest BCUT2D eigenvalue weighted by Gasteiger charge is -2.37. The molecule has 0 bridgehead atoms. The molecule has 3 rings (SSSR count). The lowest BCUT2D eigenvalue weighted by Crippen LogP contribution is -2.46. The van der Waals surface area contributed by atoms with Crippen LogP contribution in [0.2, 0.25) is 0 Å². The molecule has 2 aromatic rings. The van der Waals surface area contributed by atoms with Gasteiger partial charge in [0.15, 0.2) is 0 Å². The third-order valence-corrected chi connectivity index (χ3v) is 4.25. The fourth-order valence-electron chi connectivity index (χ4n) is 3.09. The van der Waals surface area contributed by atoms with E-state index in [0.717, 1.165) is 38.4 Å². The van der Waals surface area contributed by atoms with Gasteiger partial charge in [0.2, 0.25) is 0 Å². The van der Waals surface area contributed by atoms with Gasteiger partial charge in [0.05, 0.1) is 11.8 Å². The van der Waals surface area contributed by atoms with E-state index in [2.05, 4.69) is 34.1 Å². The highest BCUT2D eigenvalue weighted by atomic mass is 19.1. The summed E-state index contributed by atoms with van der Waals surface area (Å²) in [5, 5.41) is 0. The molecule has 0 N–H and O–H groups in total. The maximum atomic E-state index is 13.6. The second kappa shape index (κ2) is 7.67. The van der Waals surface area contributed by atoms with Crippen molar-refractivity contribution in [2.75, 3.05) is 31.1 Å². The Labute approximate surface area is 143 Å². The van der Waals surface area contributed by atoms with Crippen molar-refractivity contribution >= 4 is 5.69 Å². The molecule has 0 atom stereocenters. The molecule has 0 aromatic heterocycles. The first-order valence-corrected chi connectivity index (χ1v) is 8.59. The van der Waals surface area contributed by atoms with Gasteiger partial charge in [-0.05, 0) is 31.5 Å². The van der Waals surface area contributed by atoms with Crippen LogP contribution in [0, 0.1) is 5.82 Å². The average Bonchev–Trinajstić information content (AvgIpc) is 2.56. The summed E-state index contributed by atoms with van der Waals surface area (Å²) in [6.07, 6.45) is 0.0323. The predicted molar refractivity (Wildman–Crippen MR) is 96.1 cm³/mol. The fourth-order valence-corrected chi connectivity index (χ4v) is 3.09. The Bertz CT molecular complexity index is 652. The summed E-state index contributed by atoms with van der Waals surface area (Å²) in [4.78, 5) is 4.75. The molecule has 128 valence electrons. The molecule has 1 heterocycles. The molecule has 4 heteroatoms. The minimum Gasteiger partial charge on any atom is -0.489 e. The third kappa shape index (κ3) is 4.26. The highest BCUT2D eigenvalue weighted by molar-refractivity contribution is 5.59. The quantitative estimate of drug-likeness (QED) is 0.827. The number of hydrogen-bond acceptors (Lipinski definition) is 3. The van der Waals surface area contributed by atoms with E-state index in [0.29, 0.717) is 5.75 Å². The summed E-state index contributed by atoms with van der Waals surface area (Å²) in [7, 11) is 0. The van der Waals surface area contributed by atoms with Gasteiger partial charge in [0.1, 0.15) is 11.6 Å². The molecule has 1 aliphatic rings. The van der Waals surface area contributed by atoms with Crippen LogP contribution in [-0.4, -0.2) is 37.2 Å². The standard InChI is InChI=1S/C20H25FN2O/c1-16(2)24-20-14-18(21)8-9-19(20)23-12-10-22(11-13-23)15-17-6-4-3-5-7-17/h3-9,14,16H,10-13,15H2,1-2H3. The molecule has 1 fully saturated rings. The summed E-state index contributed by atoms with van der Waals surface area (Å²) in [5.41, 5.74) is 2.33. The Kier molecular flexibility index (Phi) is 5.36. The number of ether oxygens (including phenoxy) is 1. The molecular weight excluding hydrogens is 303 g/mol. The van der Waals surface area contributed by atoms with Crippen molar-refractivity contribution in [2.24, 2.45) is 0 Å². The third-order valence-electron chi connectivity index (χ3n) is 4.25. The second-order valence-corrected chi connectivity index (χ2v) is 6.53. The summed E-state index contributed by atoms with van der Waals surface area (Å²) in [5.74, 6) is 0.388. The molecule has 0 aliphatic carbocycles. The molecule has 0 spiro atoms. The first-order chi connectivity index (χ1) is 11.6. The van der Waals surface area contributed by atoms with Crippen LogP contribution in [-0.2, 0) is 6.54 Å². The van der Waals surface area contributed by atoms with Gasteiger partial charge >= 0.3 is 0 Å². The van der Waals surface area contributed by atoms with Crippen molar-refractivity contribution < 1.29 is 9.13 Å². The number of piperazine rings is 1. The van der Waals surface area contributed by atoms with Gasteiger partial charge in [-0.3, -0.25) is 4.90 Å². The Hall–Kier alpha value is -2.07. The van der Waals surface area contributed by atoms with Crippen molar-refractivity contribution in [3.8, 4) is 5.75 Å². The highest BCUT2D eigenvalue weighted by Crippen LogP contribution is 2.31. The number of hydrogen-bond donors (Lipinski definition) is 0. The van der Waals surface area contributed by atoms with E-state index in [1.165, 1.54) is 17.7 Å². The first-order valence-electron chi connectivity index (χ1n) is 8.59. The molecule has 0 radical (unpaired) electrons. The van der Waals surface area contributed by atoms with E-state index in [9.17, 15) is 4.39 Å². The van der Waals surface area contributed by atoms with Crippen LogP contribution >= 0.6 is 0 Å². The van der Waals surface area contributed by atoms with Crippen LogP contribution in [0.15, 0.2) is 48.5 Å². The fraction of sp³-hybridized carbons (Fsp3) is 0.400. The molecule has 0 saturated carbocycles. The maximum absolute atomic E-state index is 13.6. The van der Waals surface area contributed by atoms with Gasteiger partial charge < -0.3 is 9.64 Å². The Balaban J connectivity index is 1.64. The van der Waals surface area contributed by atoms with Crippen molar-refractivity contribution in [3.05, 3.63) is 59.9 Å². The SMILES string of the molecule is CC(C)Oc1cc(F)ccc1N1CCN(Cc2ccccc2)CC1. The highest BCUT2D eigenvalue weighted by Gasteiger charge is 2.20. The molecular formula is C20H25FN2O. The van der Waals surface area contributed by atoms with Crippen LogP contribution in [0.1, 0.15) is 19.4 Å². The molecule has 24 heavy (non-hydrogen) atoms. The summed E-state index contributed by atoms with van der Waals surface area (Å²) in [6, 6.07) is 15.4. The van der Waals surface area contributed by atoms with E-state index in [1.807, 2.05) is 26.0 Å². The first kappa shape index (κ1) is 16.8. The van der Waals surface area contributed by atoms with Crippen molar-refractivity contribution in [2.45, 2.75) is 26.5 Å². The van der Waals surface area contributed by atoms with E-state index < -0.39 is 0 Å². The number of benzene rings is 2. The van der Waals surface area contributed by atoms with Gasteiger partial charge in [0, 0.05) is 38.8 Å². The van der Waals surface area contributed by atoms with Crippen LogP contribution < -0.4 is 9.64 Å². The average molecular weight is 328 g/mol. The maximum Gasteiger partial charge on any atom is 0.145 e. The van der Waals surface area contributed by atoms with E-state index in [4.69, 9.17) is 4.74 Å². The van der Waals surface area contributed by atoms with E-state index >= 15 is 0 Å². The van der Waals surface area contributed by atoms with Crippen molar-refractivity contribution in [1.29, 1.82) is 0 Å². The van der Waals surface area contributed by atoms with Crippen molar-refractivity contribution in [3.63, 3.8) is 0 Å². The molecule has 0 amide bonds. The van der Waals surface area contributed by atoms with Gasteiger partial charge in [-0.25, -0.2) is 4.39 Å². The van der Waals surface area contributed by atoms with Crippen LogP contribution in [0.3, 0.4) is 0 Å². The van der Waals surface area contributed by atoms with Crippen LogP contribution in [0.4, 0.5) is 10.1 Å². The topological polar surface area (TPSA) is 15.7 Å². The molecule has 0 unspecified atom stereocenters. The van der Waals surface area contributed by atoms with Gasteiger partial charge in [0.25, 0.3) is 0 Å². The number of rotatable bonds is 5. The lowest BCUT2D eigenvalue weighted by molar-refractivity contribution is 0.234. The van der Waals surface area contributed by atoms with Crippen molar-refractivity contribution in [1.82, 2.24) is 4.90 Å². The van der Waals surface area contributed by atoms with Gasteiger partial charge in [-0.2, -0.15) is 0 Å². The normalized spacial score (nSPS) is 15.8. The molecule has 1 saturated heterocycles. The number of anilines is 1. The monoisotopic (exact) mass is 328 g/mol. The summed E-state index contributed by atoms with van der Waals surface area (Å²) >= 11 is 0. The van der Waals surface area contributed by atoms with Gasteiger partial charge in [-0.15, -0.1) is 0 Å². The zero-order valence-corrected chi connectivity index (χ0v) is 14.4. The smallest absolute Gasteiger partial charge is 0.145 e. The Morgan fingerprint density at radius 1 is 1.00 bits per heavy atom. The summed E-state index contributed by atoms with van der Waals surface area (Å²) < 4.78 is 19.4. The Morgan fingerprint density at radius 3 is 2.38 bits per heavy atom. The van der Waals surface area contributed by atoms with Crippen LogP contribution in [0.25, 0.3) is 0 Å². The molecule has 1 aliphatic heterocycles. The number of halogens is 1. The van der Waals surface area contributed by atoms with E-state index in [-0.39, 0.29) is 11.9 Å². The van der Waals surface area contributed by atoms with E-state index in [1.54, 1.807) is 0 Å². The Morgan fingerprint density at radius 2 is 1.71 bits per heavy atom. The molecule has 3 nitrogen and oxygen atoms in total. The minimum absolute atomic E-state index is 0.0323. The molecule has 2 aromatic carbocycles. The largest absolute Gasteiger partial charge is 0.489 e. The summed E-state index contributed by atoms with van der Waals surface area (Å²) in [6.45, 7) is 8.74. The van der Waals surface area contributed by atoms with Crippen LogP contribution in [0.5, 0.6) is 5.75 Å². The zero-order chi connectivity index (χ0) is 16.9. The predicted octanol–water partition coefficient (Wildman–Crippen LogP) is 3.94. The lowest BCUT2D eigenvalue weighted by atomic mass is 10.2. The van der Waals surface area contributed by atoms with Gasteiger partial charge in [-0.1, -0.05) is 30.3 Å². The number of nitrogens with zero attached hydrogens (tertiary/aromatic N) is 2. The minimum atomic E-state index is -0.253. The second-order valence-electron chi connectivity index (χ2n) is 6.53. The zero-order valence-electron chi connectivity index (χ0n) is 14.4.